The van der Waals surface area contributed by atoms with Crippen molar-refractivity contribution in [2.75, 3.05) is 25.5 Å². The summed E-state index contributed by atoms with van der Waals surface area (Å²) in [5, 5.41) is 3.48. The van der Waals surface area contributed by atoms with Gasteiger partial charge in [-0.25, -0.2) is 4.79 Å². The average molecular weight is 443 g/mol. The second-order valence-electron chi connectivity index (χ2n) is 5.81. The molecule has 28 heavy (non-hydrogen) atoms. The van der Waals surface area contributed by atoms with Crippen LogP contribution in [-0.2, 0) is 4.74 Å². The molecule has 0 saturated carbocycles. The first-order chi connectivity index (χ1) is 13.2. The molecule has 2 amide bonds. The maximum atomic E-state index is 12.8. The Morgan fingerprint density at radius 2 is 1.82 bits per heavy atom. The fraction of sp³-hybridized carbons (Fsp3) is 0.316. The average Bonchev–Trinajstić information content (AvgIpc) is 2.97. The summed E-state index contributed by atoms with van der Waals surface area (Å²) in [4.78, 5) is 39.8. The van der Waals surface area contributed by atoms with E-state index in [1.807, 2.05) is 13.8 Å². The van der Waals surface area contributed by atoms with E-state index in [4.69, 9.17) is 27.9 Å². The lowest BCUT2D eigenvalue weighted by atomic mass is 10.1. The summed E-state index contributed by atoms with van der Waals surface area (Å²) in [6.07, 6.45) is 0. The highest BCUT2D eigenvalue weighted by Crippen LogP contribution is 2.35. The molecule has 1 aromatic heterocycles. The van der Waals surface area contributed by atoms with Crippen molar-refractivity contribution >= 4 is 57.3 Å². The van der Waals surface area contributed by atoms with Gasteiger partial charge in [0.05, 0.1) is 28.1 Å². The third kappa shape index (κ3) is 4.48. The molecular formula is C19H20Cl2N2O4S. The van der Waals surface area contributed by atoms with Crippen molar-refractivity contribution in [1.82, 2.24) is 4.90 Å². The summed E-state index contributed by atoms with van der Waals surface area (Å²) in [7, 11) is 1.24. The van der Waals surface area contributed by atoms with Gasteiger partial charge in [-0.3, -0.25) is 9.59 Å². The number of hydrogen-bond donors (Lipinski definition) is 1. The van der Waals surface area contributed by atoms with E-state index in [0.29, 0.717) is 28.6 Å². The zero-order chi connectivity index (χ0) is 21.0. The first-order valence-corrected chi connectivity index (χ1v) is 10.1. The Labute approximate surface area is 177 Å². The Balaban J connectivity index is 2.47. The van der Waals surface area contributed by atoms with Crippen molar-refractivity contribution in [2.45, 2.75) is 20.8 Å². The van der Waals surface area contributed by atoms with Crippen LogP contribution in [0.4, 0.5) is 5.00 Å². The SMILES string of the molecule is CCN(CC)C(=O)c1sc(NC(=O)c2ccc(Cl)cc2Cl)c(C(=O)OC)c1C. The molecule has 0 fully saturated rings. The van der Waals surface area contributed by atoms with Crippen LogP contribution in [0.2, 0.25) is 10.0 Å². The number of esters is 1. The molecular weight excluding hydrogens is 423 g/mol. The number of ether oxygens (including phenoxy) is 1. The molecule has 150 valence electrons. The summed E-state index contributed by atoms with van der Waals surface area (Å²) >= 11 is 13.0. The molecule has 2 aromatic rings. The van der Waals surface area contributed by atoms with Crippen LogP contribution in [0, 0.1) is 6.92 Å². The number of hydrogen-bond acceptors (Lipinski definition) is 5. The zero-order valence-electron chi connectivity index (χ0n) is 15.9. The molecule has 0 saturated heterocycles. The van der Waals surface area contributed by atoms with Gasteiger partial charge in [-0.1, -0.05) is 23.2 Å². The van der Waals surface area contributed by atoms with E-state index in [-0.39, 0.29) is 27.1 Å². The van der Waals surface area contributed by atoms with E-state index in [9.17, 15) is 14.4 Å². The number of carbonyl (C=O) groups excluding carboxylic acids is 3. The number of anilines is 1. The number of thiophene rings is 1. The molecule has 2 rings (SSSR count). The molecule has 0 radical (unpaired) electrons. The number of benzene rings is 1. The summed E-state index contributed by atoms with van der Waals surface area (Å²) in [5.41, 5.74) is 0.817. The van der Waals surface area contributed by atoms with Gasteiger partial charge >= 0.3 is 5.97 Å². The first kappa shape index (κ1) is 22.2. The molecule has 0 aliphatic carbocycles. The smallest absolute Gasteiger partial charge is 0.341 e. The van der Waals surface area contributed by atoms with Gasteiger partial charge in [-0.15, -0.1) is 11.3 Å². The van der Waals surface area contributed by atoms with Crippen LogP contribution in [0.1, 0.15) is 49.8 Å². The third-order valence-corrected chi connectivity index (χ3v) is 5.93. The zero-order valence-corrected chi connectivity index (χ0v) is 18.2. The lowest BCUT2D eigenvalue weighted by Gasteiger charge is -2.17. The van der Waals surface area contributed by atoms with Gasteiger partial charge < -0.3 is 15.0 Å². The Bertz CT molecular complexity index is 923. The predicted octanol–water partition coefficient (Wildman–Crippen LogP) is 4.88. The molecule has 6 nitrogen and oxygen atoms in total. The molecule has 9 heteroatoms. The number of carbonyl (C=O) groups is 3. The number of halogens is 2. The predicted molar refractivity (Wildman–Crippen MR) is 112 cm³/mol. The van der Waals surface area contributed by atoms with Gasteiger partial charge in [0.25, 0.3) is 11.8 Å². The summed E-state index contributed by atoms with van der Waals surface area (Å²) in [6, 6.07) is 4.48. The Morgan fingerprint density at radius 3 is 2.36 bits per heavy atom. The molecule has 1 aromatic carbocycles. The monoisotopic (exact) mass is 442 g/mol. The highest BCUT2D eigenvalue weighted by molar-refractivity contribution is 7.18. The summed E-state index contributed by atoms with van der Waals surface area (Å²) in [6.45, 7) is 6.46. The molecule has 0 bridgehead atoms. The topological polar surface area (TPSA) is 75.7 Å². The largest absolute Gasteiger partial charge is 0.465 e. The minimum absolute atomic E-state index is 0.154. The number of nitrogens with zero attached hydrogens (tertiary/aromatic N) is 1. The number of rotatable bonds is 6. The molecule has 0 spiro atoms. The molecule has 0 aliphatic rings. The number of nitrogens with one attached hydrogen (secondary N) is 1. The van der Waals surface area contributed by atoms with Crippen LogP contribution < -0.4 is 5.32 Å². The maximum Gasteiger partial charge on any atom is 0.341 e. The maximum absolute atomic E-state index is 12.8. The highest BCUT2D eigenvalue weighted by Gasteiger charge is 2.28. The van der Waals surface area contributed by atoms with Crippen molar-refractivity contribution in [2.24, 2.45) is 0 Å². The molecule has 0 aliphatic heterocycles. The van der Waals surface area contributed by atoms with Gasteiger partial charge in [0.1, 0.15) is 5.00 Å². The van der Waals surface area contributed by atoms with Gasteiger partial charge in [0, 0.05) is 18.1 Å². The van der Waals surface area contributed by atoms with Crippen LogP contribution in [0.25, 0.3) is 0 Å². The van der Waals surface area contributed by atoms with E-state index in [1.165, 1.54) is 19.2 Å². The summed E-state index contributed by atoms with van der Waals surface area (Å²) in [5.74, 6) is -1.36. The van der Waals surface area contributed by atoms with E-state index < -0.39 is 11.9 Å². The molecule has 0 unspecified atom stereocenters. The van der Waals surface area contributed by atoms with Gasteiger partial charge in [0.15, 0.2) is 0 Å². The summed E-state index contributed by atoms with van der Waals surface area (Å²) < 4.78 is 4.84. The van der Waals surface area contributed by atoms with Crippen LogP contribution in [0.5, 0.6) is 0 Å². The van der Waals surface area contributed by atoms with Gasteiger partial charge in [-0.2, -0.15) is 0 Å². The number of methoxy groups -OCH3 is 1. The van der Waals surface area contributed by atoms with Crippen molar-refractivity contribution in [3.63, 3.8) is 0 Å². The molecule has 1 heterocycles. The molecule has 0 atom stereocenters. The Hall–Kier alpha value is -2.09. The lowest BCUT2D eigenvalue weighted by molar-refractivity contribution is 0.0601. The normalized spacial score (nSPS) is 10.5. The van der Waals surface area contributed by atoms with E-state index in [1.54, 1.807) is 17.9 Å². The first-order valence-electron chi connectivity index (χ1n) is 8.52. The number of amides is 2. The van der Waals surface area contributed by atoms with Crippen molar-refractivity contribution in [3.8, 4) is 0 Å². The van der Waals surface area contributed by atoms with E-state index in [2.05, 4.69) is 5.32 Å². The van der Waals surface area contributed by atoms with Crippen molar-refractivity contribution in [1.29, 1.82) is 0 Å². The Morgan fingerprint density at radius 1 is 1.18 bits per heavy atom. The van der Waals surface area contributed by atoms with Crippen molar-refractivity contribution in [3.05, 3.63) is 49.8 Å². The second-order valence-corrected chi connectivity index (χ2v) is 7.67. The van der Waals surface area contributed by atoms with E-state index in [0.717, 1.165) is 11.3 Å². The van der Waals surface area contributed by atoms with Crippen LogP contribution in [-0.4, -0.2) is 42.9 Å². The fourth-order valence-corrected chi connectivity index (χ4v) is 4.30. The Kier molecular flexibility index (Phi) is 7.46. The standard InChI is InChI=1S/C19H20Cl2N2O4S/c1-5-23(6-2)18(25)15-10(3)14(19(26)27-4)17(28-15)22-16(24)12-8-7-11(20)9-13(12)21/h7-9H,5-6H2,1-4H3,(H,22,24). The van der Waals surface area contributed by atoms with Gasteiger partial charge in [0.2, 0.25) is 0 Å². The third-order valence-electron chi connectivity index (χ3n) is 4.18. The van der Waals surface area contributed by atoms with Crippen LogP contribution in [0.3, 0.4) is 0 Å². The van der Waals surface area contributed by atoms with E-state index >= 15 is 0 Å². The van der Waals surface area contributed by atoms with Gasteiger partial charge in [-0.05, 0) is 44.5 Å². The highest BCUT2D eigenvalue weighted by atomic mass is 35.5. The van der Waals surface area contributed by atoms with Crippen molar-refractivity contribution < 1.29 is 19.1 Å². The second kappa shape index (κ2) is 9.41. The minimum Gasteiger partial charge on any atom is -0.465 e. The van der Waals surface area contributed by atoms with Crippen LogP contribution >= 0.6 is 34.5 Å². The quantitative estimate of drug-likeness (QED) is 0.646. The molecule has 1 N–H and O–H groups in total. The lowest BCUT2D eigenvalue weighted by Crippen LogP contribution is -2.30. The van der Waals surface area contributed by atoms with Crippen LogP contribution in [0.15, 0.2) is 18.2 Å². The fourth-order valence-electron chi connectivity index (χ4n) is 2.65. The minimum atomic E-state index is -0.634.